The van der Waals surface area contributed by atoms with E-state index in [1.807, 2.05) is 36.5 Å². The molecule has 0 saturated heterocycles. The predicted molar refractivity (Wildman–Crippen MR) is 88.7 cm³/mol. The van der Waals surface area contributed by atoms with E-state index in [0.717, 1.165) is 32.4 Å². The minimum atomic E-state index is 0.790. The van der Waals surface area contributed by atoms with Gasteiger partial charge in [-0.2, -0.15) is 0 Å². The van der Waals surface area contributed by atoms with E-state index in [-0.39, 0.29) is 0 Å². The average molecular weight is 392 g/mol. The summed E-state index contributed by atoms with van der Waals surface area (Å²) in [6.45, 7) is 0. The van der Waals surface area contributed by atoms with Crippen molar-refractivity contribution in [3.8, 4) is 11.3 Å². The zero-order valence-electron chi connectivity index (χ0n) is 10.6. The van der Waals surface area contributed by atoms with Crippen LogP contribution in [0.25, 0.3) is 11.3 Å². The Morgan fingerprint density at radius 1 is 0.950 bits per heavy atom. The molecule has 1 aromatic heterocycles. The van der Waals surface area contributed by atoms with Gasteiger partial charge in [0.2, 0.25) is 0 Å². The van der Waals surface area contributed by atoms with Gasteiger partial charge in [0.1, 0.15) is 5.82 Å². The fourth-order valence-electron chi connectivity index (χ4n) is 2.05. The summed E-state index contributed by atoms with van der Waals surface area (Å²) in [6, 6.07) is 16.4. The molecule has 3 rings (SSSR count). The molecule has 1 heterocycles. The number of H-pyrrole nitrogens is 1. The summed E-state index contributed by atoms with van der Waals surface area (Å²) in [6.07, 6.45) is 2.67. The van der Waals surface area contributed by atoms with Crippen molar-refractivity contribution in [1.82, 2.24) is 9.97 Å². The number of hydrogen-bond acceptors (Lipinski definition) is 1. The highest BCUT2D eigenvalue weighted by Crippen LogP contribution is 2.22. The third kappa shape index (κ3) is 3.02. The van der Waals surface area contributed by atoms with Crippen molar-refractivity contribution >= 4 is 31.9 Å². The molecule has 20 heavy (non-hydrogen) atoms. The molecule has 0 aliphatic carbocycles. The number of nitrogens with one attached hydrogen (secondary N) is 1. The SMILES string of the molecule is Brc1ccc(-c2cnc(Cc3ccccc3Br)[nH]2)cc1. The van der Waals surface area contributed by atoms with Gasteiger partial charge in [0, 0.05) is 15.4 Å². The first-order valence-electron chi connectivity index (χ1n) is 6.25. The molecule has 0 atom stereocenters. The molecule has 0 bridgehead atoms. The normalized spacial score (nSPS) is 10.7. The Hall–Kier alpha value is -1.39. The molecule has 2 nitrogen and oxygen atoms in total. The molecule has 4 heteroatoms. The quantitative estimate of drug-likeness (QED) is 0.653. The maximum absolute atomic E-state index is 4.46. The Morgan fingerprint density at radius 2 is 1.70 bits per heavy atom. The molecule has 0 radical (unpaired) electrons. The van der Waals surface area contributed by atoms with Gasteiger partial charge in [-0.25, -0.2) is 4.98 Å². The smallest absolute Gasteiger partial charge is 0.110 e. The predicted octanol–water partition coefficient (Wildman–Crippen LogP) is 5.19. The van der Waals surface area contributed by atoms with E-state index in [1.54, 1.807) is 0 Å². The van der Waals surface area contributed by atoms with Gasteiger partial charge in [0.15, 0.2) is 0 Å². The van der Waals surface area contributed by atoms with Crippen LogP contribution in [-0.4, -0.2) is 9.97 Å². The van der Waals surface area contributed by atoms with Crippen LogP contribution >= 0.6 is 31.9 Å². The summed E-state index contributed by atoms with van der Waals surface area (Å²) in [5, 5.41) is 0. The monoisotopic (exact) mass is 390 g/mol. The molecule has 0 saturated carbocycles. The number of imidazole rings is 1. The lowest BCUT2D eigenvalue weighted by atomic mass is 10.1. The minimum absolute atomic E-state index is 0.790. The standard InChI is InChI=1S/C16H12Br2N2/c17-13-7-5-11(6-8-13)15-10-19-16(20-15)9-12-3-1-2-4-14(12)18/h1-8,10H,9H2,(H,19,20). The van der Waals surface area contributed by atoms with Gasteiger partial charge in [-0.1, -0.05) is 62.2 Å². The Kier molecular flexibility index (Phi) is 4.03. The highest BCUT2D eigenvalue weighted by atomic mass is 79.9. The van der Waals surface area contributed by atoms with Crippen LogP contribution in [0.2, 0.25) is 0 Å². The number of aromatic amines is 1. The Bertz CT molecular complexity index is 717. The molecule has 0 aliphatic heterocycles. The van der Waals surface area contributed by atoms with Crippen molar-refractivity contribution < 1.29 is 0 Å². The molecule has 0 spiro atoms. The molecular weight excluding hydrogens is 380 g/mol. The lowest BCUT2D eigenvalue weighted by Gasteiger charge is -2.01. The number of rotatable bonds is 3. The zero-order valence-corrected chi connectivity index (χ0v) is 13.8. The second-order valence-electron chi connectivity index (χ2n) is 4.52. The van der Waals surface area contributed by atoms with Crippen molar-refractivity contribution in [2.75, 3.05) is 0 Å². The Morgan fingerprint density at radius 3 is 2.45 bits per heavy atom. The van der Waals surface area contributed by atoms with Crippen LogP contribution in [0.1, 0.15) is 11.4 Å². The molecule has 2 aromatic carbocycles. The molecule has 100 valence electrons. The van der Waals surface area contributed by atoms with Crippen molar-refractivity contribution in [3.63, 3.8) is 0 Å². The fourth-order valence-corrected chi connectivity index (χ4v) is 2.74. The summed E-state index contributed by atoms with van der Waals surface area (Å²) >= 11 is 7.01. The lowest BCUT2D eigenvalue weighted by molar-refractivity contribution is 1.02. The number of nitrogens with zero attached hydrogens (tertiary/aromatic N) is 1. The lowest BCUT2D eigenvalue weighted by Crippen LogP contribution is -1.91. The van der Waals surface area contributed by atoms with E-state index in [4.69, 9.17) is 0 Å². The summed E-state index contributed by atoms with van der Waals surface area (Å²) in [7, 11) is 0. The maximum atomic E-state index is 4.46. The summed E-state index contributed by atoms with van der Waals surface area (Å²) in [5.74, 6) is 0.967. The minimum Gasteiger partial charge on any atom is -0.342 e. The maximum Gasteiger partial charge on any atom is 0.110 e. The van der Waals surface area contributed by atoms with E-state index in [1.165, 1.54) is 5.56 Å². The summed E-state index contributed by atoms with van der Waals surface area (Å²) in [4.78, 5) is 7.84. The van der Waals surface area contributed by atoms with Crippen molar-refractivity contribution in [2.24, 2.45) is 0 Å². The first-order chi connectivity index (χ1) is 9.72. The number of benzene rings is 2. The Labute approximate surface area is 134 Å². The van der Waals surface area contributed by atoms with E-state index in [2.05, 4.69) is 60.0 Å². The van der Waals surface area contributed by atoms with E-state index >= 15 is 0 Å². The third-order valence-electron chi connectivity index (χ3n) is 3.10. The second-order valence-corrected chi connectivity index (χ2v) is 6.29. The van der Waals surface area contributed by atoms with Crippen LogP contribution in [0.5, 0.6) is 0 Å². The molecule has 0 fully saturated rings. The number of aromatic nitrogens is 2. The Balaban J connectivity index is 1.84. The fraction of sp³-hybridized carbons (Fsp3) is 0.0625. The number of hydrogen-bond donors (Lipinski definition) is 1. The third-order valence-corrected chi connectivity index (χ3v) is 4.40. The van der Waals surface area contributed by atoms with Crippen LogP contribution in [-0.2, 0) is 6.42 Å². The van der Waals surface area contributed by atoms with Crippen LogP contribution < -0.4 is 0 Å². The average Bonchev–Trinajstić information content (AvgIpc) is 2.91. The largest absolute Gasteiger partial charge is 0.342 e. The summed E-state index contributed by atoms with van der Waals surface area (Å²) < 4.78 is 2.19. The van der Waals surface area contributed by atoms with Gasteiger partial charge in [0.05, 0.1) is 11.9 Å². The van der Waals surface area contributed by atoms with Crippen LogP contribution in [0.3, 0.4) is 0 Å². The molecular formula is C16H12Br2N2. The van der Waals surface area contributed by atoms with Gasteiger partial charge in [-0.05, 0) is 29.3 Å². The summed E-state index contributed by atoms with van der Waals surface area (Å²) in [5.41, 5.74) is 3.41. The first kappa shape index (κ1) is 13.6. The van der Waals surface area contributed by atoms with Gasteiger partial charge in [-0.15, -0.1) is 0 Å². The number of halogens is 2. The van der Waals surface area contributed by atoms with Crippen molar-refractivity contribution in [2.45, 2.75) is 6.42 Å². The van der Waals surface area contributed by atoms with Gasteiger partial charge >= 0.3 is 0 Å². The van der Waals surface area contributed by atoms with Crippen LogP contribution in [0.4, 0.5) is 0 Å². The van der Waals surface area contributed by atoms with Crippen molar-refractivity contribution in [3.05, 3.63) is 75.1 Å². The highest BCUT2D eigenvalue weighted by Gasteiger charge is 2.06. The van der Waals surface area contributed by atoms with E-state index in [0.29, 0.717) is 0 Å². The van der Waals surface area contributed by atoms with Crippen LogP contribution in [0.15, 0.2) is 63.7 Å². The highest BCUT2D eigenvalue weighted by molar-refractivity contribution is 9.10. The van der Waals surface area contributed by atoms with Crippen molar-refractivity contribution in [1.29, 1.82) is 0 Å². The van der Waals surface area contributed by atoms with E-state index < -0.39 is 0 Å². The molecule has 3 aromatic rings. The zero-order chi connectivity index (χ0) is 13.9. The van der Waals surface area contributed by atoms with Gasteiger partial charge in [-0.3, -0.25) is 0 Å². The van der Waals surface area contributed by atoms with Gasteiger partial charge in [0.25, 0.3) is 0 Å². The topological polar surface area (TPSA) is 28.7 Å². The molecule has 0 unspecified atom stereocenters. The molecule has 0 aliphatic rings. The molecule has 0 amide bonds. The second kappa shape index (κ2) is 5.94. The first-order valence-corrected chi connectivity index (χ1v) is 7.84. The van der Waals surface area contributed by atoms with E-state index in [9.17, 15) is 0 Å². The van der Waals surface area contributed by atoms with Gasteiger partial charge < -0.3 is 4.98 Å². The molecule has 1 N–H and O–H groups in total. The van der Waals surface area contributed by atoms with Crippen LogP contribution in [0, 0.1) is 0 Å².